The molecule has 2 aliphatic heterocycles. The van der Waals surface area contributed by atoms with Gasteiger partial charge in [-0.15, -0.1) is 0 Å². The van der Waals surface area contributed by atoms with E-state index in [0.29, 0.717) is 31.0 Å². The van der Waals surface area contributed by atoms with E-state index in [0.717, 1.165) is 137 Å². The number of anilines is 1. The molecule has 4 aliphatic rings. The van der Waals surface area contributed by atoms with Crippen molar-refractivity contribution in [3.05, 3.63) is 100.0 Å². The minimum atomic E-state index is -0.520. The molecule has 7 aromatic rings. The van der Waals surface area contributed by atoms with Crippen LogP contribution >= 0.6 is 11.6 Å². The number of aliphatic hydroxyl groups excluding tert-OH is 2. The van der Waals surface area contributed by atoms with Crippen LogP contribution in [0.5, 0.6) is 0 Å². The van der Waals surface area contributed by atoms with Gasteiger partial charge in [0, 0.05) is 41.7 Å². The number of aryl methyl sites for hydroxylation is 4. The van der Waals surface area contributed by atoms with Crippen LogP contribution in [0.3, 0.4) is 0 Å². The number of carbonyl (C=O) groups excluding carboxylic acids is 2. The molecule has 2 aliphatic carbocycles. The van der Waals surface area contributed by atoms with Crippen molar-refractivity contribution in [2.45, 2.75) is 141 Å². The van der Waals surface area contributed by atoms with Gasteiger partial charge in [-0.25, -0.2) is 14.4 Å². The van der Waals surface area contributed by atoms with Crippen LogP contribution in [0.15, 0.2) is 63.6 Å². The Bertz CT molecular complexity index is 2940. The van der Waals surface area contributed by atoms with Crippen molar-refractivity contribution in [1.82, 2.24) is 34.7 Å². The van der Waals surface area contributed by atoms with Crippen molar-refractivity contribution >= 4 is 51.2 Å². The molecule has 3 N–H and O–H groups in total. The first-order valence-electron chi connectivity index (χ1n) is 23.2. The van der Waals surface area contributed by atoms with Gasteiger partial charge in [-0.2, -0.15) is 0 Å². The van der Waals surface area contributed by atoms with Crippen LogP contribution in [0.1, 0.15) is 136 Å². The topological polar surface area (TPSA) is 178 Å². The number of hydrogen-bond donors (Lipinski definition) is 3. The number of hydrogen-bond acceptors (Lipinski definition) is 10. The van der Waals surface area contributed by atoms with Gasteiger partial charge in [0.05, 0.1) is 62.8 Å². The summed E-state index contributed by atoms with van der Waals surface area (Å²) in [5, 5.41) is 31.3. The molecule has 344 valence electrons. The predicted octanol–water partition coefficient (Wildman–Crippen LogP) is 10.2. The monoisotopic (exact) mass is 916 g/mol. The molecule has 4 aromatic heterocycles. The van der Waals surface area contributed by atoms with Crippen LogP contribution in [-0.4, -0.2) is 63.7 Å². The second-order valence-corrected chi connectivity index (χ2v) is 18.9. The zero-order valence-electron chi connectivity index (χ0n) is 37.6. The lowest BCUT2D eigenvalue weighted by atomic mass is 9.92. The fraction of sp³-hybridized carbons (Fsp3) is 0.440. The normalized spacial score (nSPS) is 23.5. The highest BCUT2D eigenvalue weighted by atomic mass is 35.5. The zero-order chi connectivity index (χ0) is 46.0. The molecule has 4 fully saturated rings. The summed E-state index contributed by atoms with van der Waals surface area (Å²) in [7, 11) is 0. The fourth-order valence-corrected chi connectivity index (χ4v) is 11.1. The van der Waals surface area contributed by atoms with Crippen LogP contribution in [0.4, 0.5) is 10.1 Å². The van der Waals surface area contributed by atoms with Gasteiger partial charge in [0.15, 0.2) is 0 Å². The molecule has 2 amide bonds. The third-order valence-corrected chi connectivity index (χ3v) is 14.4. The summed E-state index contributed by atoms with van der Waals surface area (Å²) >= 11 is 6.09. The molecule has 0 radical (unpaired) electrons. The Hall–Kier alpha value is -5.90. The van der Waals surface area contributed by atoms with Crippen molar-refractivity contribution in [3.8, 4) is 22.3 Å². The Morgan fingerprint density at radius 1 is 0.667 bits per heavy atom. The Morgan fingerprint density at radius 2 is 1.20 bits per heavy atom. The van der Waals surface area contributed by atoms with Crippen molar-refractivity contribution < 1.29 is 33.2 Å². The molecular weight excluding hydrogens is 863 g/mol. The van der Waals surface area contributed by atoms with Crippen molar-refractivity contribution in [2.24, 2.45) is 0 Å². The molecule has 6 heterocycles. The van der Waals surface area contributed by atoms with E-state index in [1.54, 1.807) is 11.0 Å². The van der Waals surface area contributed by atoms with E-state index >= 15 is 0 Å². The second kappa shape index (κ2) is 17.7. The van der Waals surface area contributed by atoms with Crippen LogP contribution in [0.2, 0.25) is 5.02 Å². The first-order chi connectivity index (χ1) is 31.8. The Morgan fingerprint density at radius 3 is 1.68 bits per heavy atom. The summed E-state index contributed by atoms with van der Waals surface area (Å²) in [6.45, 7) is 7.68. The van der Waals surface area contributed by atoms with Gasteiger partial charge in [-0.05, 0) is 145 Å². The molecule has 2 atom stereocenters. The van der Waals surface area contributed by atoms with E-state index in [2.05, 4.69) is 61.2 Å². The molecule has 3 aromatic carbocycles. The highest BCUT2D eigenvalue weighted by molar-refractivity contribution is 6.31. The number of halogens is 2. The quantitative estimate of drug-likeness (QED) is 0.139. The SMILES string of the molecule is Cc1noc(C)c1-c1ccc2c(c1)nc([C@@H]1CCC(=O)N1)n2C1CCC(O)CC1.Cc1noc(C)c1-c1ccc2c(c1)nc([C@@H]1CCC(=O)N1c1ccc(F)c(Cl)c1)n2C1CCC(O)CC1. The van der Waals surface area contributed by atoms with Crippen molar-refractivity contribution in [3.63, 3.8) is 0 Å². The third-order valence-electron chi connectivity index (χ3n) is 14.1. The number of rotatable bonds is 7. The Balaban J connectivity index is 0.000000160. The Kier molecular flexibility index (Phi) is 11.8. The van der Waals surface area contributed by atoms with Gasteiger partial charge in [0.2, 0.25) is 11.8 Å². The molecule has 11 rings (SSSR count). The maximum atomic E-state index is 13.9. The van der Waals surface area contributed by atoms with E-state index in [1.807, 2.05) is 27.7 Å². The van der Waals surface area contributed by atoms with Gasteiger partial charge < -0.3 is 38.6 Å². The average molecular weight is 917 g/mol. The van der Waals surface area contributed by atoms with Crippen LogP contribution in [-0.2, 0) is 9.59 Å². The van der Waals surface area contributed by atoms with E-state index in [-0.39, 0.29) is 47.2 Å². The zero-order valence-corrected chi connectivity index (χ0v) is 38.3. The van der Waals surface area contributed by atoms with E-state index in [4.69, 9.17) is 30.6 Å². The highest BCUT2D eigenvalue weighted by Gasteiger charge is 2.39. The summed E-state index contributed by atoms with van der Waals surface area (Å²) in [6, 6.07) is 17.0. The molecule has 14 nitrogen and oxygen atoms in total. The number of fused-ring (bicyclic) bond motifs is 2. The minimum absolute atomic E-state index is 0.0187. The average Bonchev–Trinajstić information content (AvgIpc) is 4.17. The van der Waals surface area contributed by atoms with Gasteiger partial charge in [0.1, 0.15) is 29.0 Å². The summed E-state index contributed by atoms with van der Waals surface area (Å²) < 4.78 is 29.2. The lowest BCUT2D eigenvalue weighted by Crippen LogP contribution is -2.31. The second-order valence-electron chi connectivity index (χ2n) is 18.5. The lowest BCUT2D eigenvalue weighted by molar-refractivity contribution is -0.119. The summed E-state index contributed by atoms with van der Waals surface area (Å²) in [4.78, 5) is 36.8. The standard InChI is InChI=1S/C28H28ClFN4O3.C22H26N4O3/c1-15-27(16(2)37-32-15)17-3-10-24-23(13-17)31-28(34(24)18-4-7-20(35)8-5-18)25-11-12-26(36)33(25)19-6-9-22(30)21(29)14-19;1-12-21(13(2)29-25-12)14-3-9-19-18(11-14)24-22(17-8-10-20(28)23-17)26(19)15-4-6-16(27)7-5-15/h3,6,9-10,13-14,18,20,25,35H,4-5,7-8,11-12H2,1-2H3;3,9,11,15-17,27H,4-8,10H2,1-2H3,(H,23,28)/t18?,20?,25-;15?,16?,17-/m00/s1. The number of nitrogens with zero attached hydrogens (tertiary/aromatic N) is 7. The summed E-state index contributed by atoms with van der Waals surface area (Å²) in [5.41, 5.74) is 10.1. The largest absolute Gasteiger partial charge is 0.393 e. The smallest absolute Gasteiger partial charge is 0.227 e. The van der Waals surface area contributed by atoms with Crippen LogP contribution in [0.25, 0.3) is 44.3 Å². The number of amides is 2. The molecule has 0 spiro atoms. The van der Waals surface area contributed by atoms with Crippen molar-refractivity contribution in [2.75, 3.05) is 4.90 Å². The van der Waals surface area contributed by atoms with Gasteiger partial charge in [-0.3, -0.25) is 9.59 Å². The first kappa shape index (κ1) is 44.0. The fourth-order valence-electron chi connectivity index (χ4n) is 10.9. The van der Waals surface area contributed by atoms with Crippen LogP contribution in [0, 0.1) is 33.5 Å². The third kappa shape index (κ3) is 8.08. The first-order valence-corrected chi connectivity index (χ1v) is 23.5. The maximum Gasteiger partial charge on any atom is 0.227 e. The van der Waals surface area contributed by atoms with Gasteiger partial charge >= 0.3 is 0 Å². The number of benzene rings is 3. The highest BCUT2D eigenvalue weighted by Crippen LogP contribution is 2.44. The van der Waals surface area contributed by atoms with E-state index in [1.165, 1.54) is 12.1 Å². The predicted molar refractivity (Wildman–Crippen MR) is 247 cm³/mol. The number of aromatic nitrogens is 6. The summed E-state index contributed by atoms with van der Waals surface area (Å²) in [6.07, 6.45) is 8.35. The molecule has 2 saturated carbocycles. The van der Waals surface area contributed by atoms with Crippen molar-refractivity contribution in [1.29, 1.82) is 0 Å². The van der Waals surface area contributed by atoms with Crippen LogP contribution < -0.4 is 10.2 Å². The summed E-state index contributed by atoms with van der Waals surface area (Å²) in [5.74, 6) is 2.81. The lowest BCUT2D eigenvalue weighted by Gasteiger charge is -2.31. The molecule has 0 unspecified atom stereocenters. The number of aliphatic hydroxyl groups is 2. The minimum Gasteiger partial charge on any atom is -0.393 e. The molecule has 0 bridgehead atoms. The number of nitrogens with one attached hydrogen (secondary N) is 1. The number of carbonyl (C=O) groups is 2. The van der Waals surface area contributed by atoms with E-state index in [9.17, 15) is 24.2 Å². The van der Waals surface area contributed by atoms with Gasteiger partial charge in [-0.1, -0.05) is 34.0 Å². The van der Waals surface area contributed by atoms with E-state index < -0.39 is 5.82 Å². The Labute approximate surface area is 386 Å². The maximum absolute atomic E-state index is 13.9. The molecule has 2 saturated heterocycles. The molecule has 16 heteroatoms. The van der Waals surface area contributed by atoms with Gasteiger partial charge in [0.25, 0.3) is 0 Å². The molecular formula is C50H54ClFN8O6. The number of imidazole rings is 2. The molecule has 66 heavy (non-hydrogen) atoms.